The molecule has 1 aromatic rings. The Hall–Kier alpha value is -1.86. The lowest BCUT2D eigenvalue weighted by Gasteiger charge is -2.39. The van der Waals surface area contributed by atoms with Gasteiger partial charge in [-0.05, 0) is 19.4 Å². The van der Waals surface area contributed by atoms with Gasteiger partial charge in [0.15, 0.2) is 5.78 Å². The van der Waals surface area contributed by atoms with Crippen molar-refractivity contribution >= 4 is 11.5 Å². The van der Waals surface area contributed by atoms with Crippen LogP contribution >= 0.6 is 0 Å². The zero-order valence-electron chi connectivity index (χ0n) is 11.3. The van der Waals surface area contributed by atoms with Crippen LogP contribution in [0.5, 0.6) is 0 Å². The van der Waals surface area contributed by atoms with E-state index in [1.54, 1.807) is 13.8 Å². The summed E-state index contributed by atoms with van der Waals surface area (Å²) in [4.78, 5) is 26.3. The number of pyridine rings is 1. The summed E-state index contributed by atoms with van der Waals surface area (Å²) in [5.41, 5.74) is -1.39. The van der Waals surface area contributed by atoms with Crippen LogP contribution in [-0.4, -0.2) is 32.5 Å². The van der Waals surface area contributed by atoms with Crippen LogP contribution in [0, 0.1) is 10.1 Å². The molecule has 0 aliphatic carbocycles. The second-order valence-electron chi connectivity index (χ2n) is 4.86. The summed E-state index contributed by atoms with van der Waals surface area (Å²) in [6, 6.07) is 1.47. The number of hydrogen-bond donors (Lipinski definition) is 1. The van der Waals surface area contributed by atoms with E-state index in [0.29, 0.717) is 5.56 Å². The van der Waals surface area contributed by atoms with Gasteiger partial charge in [-0.1, -0.05) is 6.92 Å². The van der Waals surface area contributed by atoms with E-state index < -0.39 is 22.7 Å². The minimum Gasteiger partial charge on any atom is -0.379 e. The highest BCUT2D eigenvalue weighted by Gasteiger charge is 2.47. The molecule has 2 rings (SSSR count). The lowest BCUT2D eigenvalue weighted by Crippen LogP contribution is -2.53. The summed E-state index contributed by atoms with van der Waals surface area (Å²) in [5, 5.41) is 21.2. The number of ether oxygens (including phenoxy) is 1. The zero-order valence-corrected chi connectivity index (χ0v) is 11.3. The van der Waals surface area contributed by atoms with E-state index in [4.69, 9.17) is 4.74 Å². The van der Waals surface area contributed by atoms with Gasteiger partial charge in [0.05, 0.1) is 22.7 Å². The molecule has 1 fully saturated rings. The number of hydrogen-bond acceptors (Lipinski definition) is 6. The highest BCUT2D eigenvalue weighted by Crippen LogP contribution is 2.38. The van der Waals surface area contributed by atoms with Gasteiger partial charge in [0, 0.05) is 12.6 Å². The van der Waals surface area contributed by atoms with Gasteiger partial charge in [-0.25, -0.2) is 0 Å². The molecule has 0 radical (unpaired) electrons. The van der Waals surface area contributed by atoms with Crippen LogP contribution in [0.3, 0.4) is 0 Å². The van der Waals surface area contributed by atoms with E-state index in [1.165, 1.54) is 12.3 Å². The van der Waals surface area contributed by atoms with Crippen LogP contribution in [-0.2, 0) is 9.53 Å². The molecule has 108 valence electrons. The van der Waals surface area contributed by atoms with Crippen molar-refractivity contribution in [3.05, 3.63) is 34.1 Å². The molecule has 0 saturated carbocycles. The van der Waals surface area contributed by atoms with Crippen molar-refractivity contribution in [2.45, 2.75) is 44.5 Å². The van der Waals surface area contributed by atoms with Crippen LogP contribution in [0.4, 0.5) is 5.69 Å². The zero-order chi connectivity index (χ0) is 14.9. The Morgan fingerprint density at radius 2 is 2.35 bits per heavy atom. The van der Waals surface area contributed by atoms with Crippen molar-refractivity contribution in [2.75, 3.05) is 0 Å². The number of aliphatic hydroxyl groups is 1. The molecule has 20 heavy (non-hydrogen) atoms. The Balaban J connectivity index is 2.34. The van der Waals surface area contributed by atoms with E-state index in [9.17, 15) is 20.0 Å². The highest BCUT2D eigenvalue weighted by atomic mass is 16.6. The fourth-order valence-electron chi connectivity index (χ4n) is 2.47. The second kappa shape index (κ2) is 5.26. The maximum absolute atomic E-state index is 12.1. The van der Waals surface area contributed by atoms with Crippen molar-refractivity contribution < 1.29 is 19.6 Å². The normalized spacial score (nSPS) is 30.2. The molecule has 0 aromatic carbocycles. The maximum atomic E-state index is 12.1. The Morgan fingerprint density at radius 1 is 1.65 bits per heavy atom. The molecular formula is C13H16N2O5. The molecular weight excluding hydrogens is 264 g/mol. The Kier molecular flexibility index (Phi) is 3.82. The molecule has 1 saturated heterocycles. The first-order chi connectivity index (χ1) is 9.40. The second-order valence-corrected chi connectivity index (χ2v) is 4.86. The van der Waals surface area contributed by atoms with Crippen molar-refractivity contribution in [3.8, 4) is 0 Å². The largest absolute Gasteiger partial charge is 0.379 e. The fourth-order valence-corrected chi connectivity index (χ4v) is 2.47. The van der Waals surface area contributed by atoms with Crippen molar-refractivity contribution in [3.63, 3.8) is 0 Å². The summed E-state index contributed by atoms with van der Waals surface area (Å²) < 4.78 is 5.64. The molecule has 0 amide bonds. The molecule has 7 heteroatoms. The molecule has 1 N–H and O–H groups in total. The van der Waals surface area contributed by atoms with Crippen LogP contribution < -0.4 is 0 Å². The number of rotatable bonds is 3. The van der Waals surface area contributed by atoms with Gasteiger partial charge in [0.2, 0.25) is 0 Å². The van der Waals surface area contributed by atoms with Crippen molar-refractivity contribution in [1.82, 2.24) is 4.98 Å². The molecule has 1 aliphatic rings. The number of carbonyl (C=O) groups is 1. The van der Waals surface area contributed by atoms with E-state index in [1.807, 2.05) is 0 Å². The third-order valence-electron chi connectivity index (χ3n) is 3.81. The minimum atomic E-state index is -1.52. The molecule has 7 nitrogen and oxygen atoms in total. The Morgan fingerprint density at radius 3 is 2.90 bits per heavy atom. The monoisotopic (exact) mass is 280 g/mol. The van der Waals surface area contributed by atoms with Crippen LogP contribution in [0.25, 0.3) is 0 Å². The van der Waals surface area contributed by atoms with Crippen LogP contribution in [0.15, 0.2) is 18.5 Å². The first-order valence-corrected chi connectivity index (χ1v) is 6.39. The van der Waals surface area contributed by atoms with Crippen molar-refractivity contribution in [1.29, 1.82) is 0 Å². The van der Waals surface area contributed by atoms with Gasteiger partial charge in [-0.2, -0.15) is 0 Å². The van der Waals surface area contributed by atoms with Gasteiger partial charge >= 0.3 is 0 Å². The summed E-state index contributed by atoms with van der Waals surface area (Å²) in [5.74, 6) is -0.352. The number of nitro groups is 1. The predicted octanol–water partition coefficient (Wildman–Crippen LogP) is 1.55. The third kappa shape index (κ3) is 2.30. The summed E-state index contributed by atoms with van der Waals surface area (Å²) in [6.07, 6.45) is 1.27. The van der Waals surface area contributed by atoms with Gasteiger partial charge in [-0.3, -0.25) is 19.9 Å². The SMILES string of the molecule is CCC1(O)C(=O)CC(c2ccncc2[N+](=O)[O-])OC1C. The fraction of sp³-hybridized carbons (Fsp3) is 0.538. The standard InChI is InChI=1S/C13H16N2O5/c1-3-13(17)8(2)20-11(6-12(13)16)9-4-5-14-7-10(9)15(18)19/h4-5,7-8,11,17H,3,6H2,1-2H3. The third-order valence-corrected chi connectivity index (χ3v) is 3.81. The number of carbonyl (C=O) groups excluding carboxylic acids is 1. The average molecular weight is 280 g/mol. The van der Waals surface area contributed by atoms with Gasteiger partial charge in [0.25, 0.3) is 5.69 Å². The quantitative estimate of drug-likeness (QED) is 0.665. The van der Waals surface area contributed by atoms with E-state index >= 15 is 0 Å². The van der Waals surface area contributed by atoms with Crippen LogP contribution in [0.2, 0.25) is 0 Å². The smallest absolute Gasteiger partial charge is 0.293 e. The predicted molar refractivity (Wildman–Crippen MR) is 69.0 cm³/mol. The topological polar surface area (TPSA) is 103 Å². The molecule has 0 bridgehead atoms. The van der Waals surface area contributed by atoms with Gasteiger partial charge in [-0.15, -0.1) is 0 Å². The average Bonchev–Trinajstić information content (AvgIpc) is 2.44. The number of Topliss-reactive ketones (excluding diaryl/α,β-unsaturated/α-hetero) is 1. The number of nitrogens with zero attached hydrogens (tertiary/aromatic N) is 2. The van der Waals surface area contributed by atoms with Crippen LogP contribution in [0.1, 0.15) is 38.4 Å². The minimum absolute atomic E-state index is 0.0838. The molecule has 1 aromatic heterocycles. The maximum Gasteiger partial charge on any atom is 0.293 e. The Bertz CT molecular complexity index is 547. The molecule has 2 heterocycles. The Labute approximate surface area is 115 Å². The lowest BCUT2D eigenvalue weighted by molar-refractivity contribution is -0.386. The van der Waals surface area contributed by atoms with E-state index in [0.717, 1.165) is 6.20 Å². The lowest BCUT2D eigenvalue weighted by atomic mass is 9.82. The highest BCUT2D eigenvalue weighted by molar-refractivity contribution is 5.89. The molecule has 3 unspecified atom stereocenters. The molecule has 3 atom stereocenters. The van der Waals surface area contributed by atoms with Crippen molar-refractivity contribution in [2.24, 2.45) is 0 Å². The van der Waals surface area contributed by atoms with E-state index in [-0.39, 0.29) is 24.3 Å². The molecule has 1 aliphatic heterocycles. The van der Waals surface area contributed by atoms with Gasteiger partial charge < -0.3 is 9.84 Å². The summed E-state index contributed by atoms with van der Waals surface area (Å²) >= 11 is 0. The number of ketones is 1. The summed E-state index contributed by atoms with van der Waals surface area (Å²) in [6.45, 7) is 3.30. The first-order valence-electron chi connectivity index (χ1n) is 6.39. The number of aromatic nitrogens is 1. The first kappa shape index (κ1) is 14.5. The van der Waals surface area contributed by atoms with E-state index in [2.05, 4.69) is 4.98 Å². The summed E-state index contributed by atoms with van der Waals surface area (Å²) in [7, 11) is 0. The van der Waals surface area contributed by atoms with Gasteiger partial charge in [0.1, 0.15) is 11.8 Å². The molecule has 0 spiro atoms.